The maximum Gasteiger partial charge on any atom is 0.393 e. The molecule has 0 spiro atoms. The highest BCUT2D eigenvalue weighted by atomic mass is 28.3. The molecule has 2 aromatic heterocycles. The van der Waals surface area contributed by atoms with Crippen molar-refractivity contribution < 1.29 is 14.6 Å². The molecular weight excluding hydrogens is 276 g/mol. The fraction of sp³-hybridized carbons (Fsp3) is 0.500. The standard InChI is InChI=1S/C12H18N4O3Si/c1-8-15-10(9-11(16-8)14-7-13-9)12(17)19-18-5-6-20(2,3)4/h7H,5-6H2,1-4H3,(H,13,14,15,16). The van der Waals surface area contributed by atoms with E-state index in [1.54, 1.807) is 6.92 Å². The number of H-pyrrole nitrogens is 1. The first-order chi connectivity index (χ1) is 9.37. The molecule has 2 rings (SSSR count). The molecule has 0 radical (unpaired) electrons. The number of aromatic nitrogens is 4. The van der Waals surface area contributed by atoms with Crippen molar-refractivity contribution in [3.63, 3.8) is 0 Å². The lowest BCUT2D eigenvalue weighted by Gasteiger charge is -2.14. The van der Waals surface area contributed by atoms with E-state index in [4.69, 9.17) is 9.78 Å². The van der Waals surface area contributed by atoms with E-state index in [1.807, 2.05) is 0 Å². The lowest BCUT2D eigenvalue weighted by atomic mass is 10.3. The van der Waals surface area contributed by atoms with Crippen LogP contribution in [-0.2, 0) is 9.78 Å². The number of carbonyl (C=O) groups excluding carboxylic acids is 1. The normalized spacial score (nSPS) is 11.8. The van der Waals surface area contributed by atoms with Gasteiger partial charge in [0.15, 0.2) is 11.3 Å². The van der Waals surface area contributed by atoms with Gasteiger partial charge < -0.3 is 4.98 Å². The molecule has 2 aromatic rings. The molecule has 0 aliphatic heterocycles. The van der Waals surface area contributed by atoms with E-state index in [0.717, 1.165) is 6.04 Å². The highest BCUT2D eigenvalue weighted by Crippen LogP contribution is 2.13. The smallest absolute Gasteiger partial charge is 0.341 e. The predicted molar refractivity (Wildman–Crippen MR) is 75.9 cm³/mol. The molecule has 2 heterocycles. The number of rotatable bonds is 5. The molecular formula is C12H18N4O3Si. The number of fused-ring (bicyclic) bond motifs is 1. The van der Waals surface area contributed by atoms with Crippen molar-refractivity contribution in [2.45, 2.75) is 32.6 Å². The molecule has 7 nitrogen and oxygen atoms in total. The van der Waals surface area contributed by atoms with Gasteiger partial charge in [0.2, 0.25) is 0 Å². The molecule has 0 saturated carbocycles. The van der Waals surface area contributed by atoms with E-state index >= 15 is 0 Å². The molecule has 0 bridgehead atoms. The van der Waals surface area contributed by atoms with E-state index in [0.29, 0.717) is 23.6 Å². The molecule has 0 amide bonds. The zero-order valence-electron chi connectivity index (χ0n) is 12.1. The van der Waals surface area contributed by atoms with Crippen LogP contribution in [0.1, 0.15) is 16.3 Å². The average molecular weight is 294 g/mol. The zero-order chi connectivity index (χ0) is 14.8. The van der Waals surface area contributed by atoms with Gasteiger partial charge in [-0.1, -0.05) is 19.6 Å². The summed E-state index contributed by atoms with van der Waals surface area (Å²) in [5.74, 6) is -0.182. The van der Waals surface area contributed by atoms with Crippen LogP contribution in [0, 0.1) is 6.92 Å². The number of hydrogen-bond donors (Lipinski definition) is 1. The van der Waals surface area contributed by atoms with Gasteiger partial charge in [-0.15, -0.1) is 0 Å². The Labute approximate surface area is 117 Å². The summed E-state index contributed by atoms with van der Waals surface area (Å²) < 4.78 is 0. The summed E-state index contributed by atoms with van der Waals surface area (Å²) in [6, 6.07) is 0.919. The van der Waals surface area contributed by atoms with Crippen LogP contribution in [0.3, 0.4) is 0 Å². The number of aryl methyl sites for hydroxylation is 1. The van der Waals surface area contributed by atoms with Gasteiger partial charge in [0.25, 0.3) is 0 Å². The molecule has 108 valence electrons. The van der Waals surface area contributed by atoms with Gasteiger partial charge in [0.05, 0.1) is 12.9 Å². The summed E-state index contributed by atoms with van der Waals surface area (Å²) in [4.78, 5) is 36.8. The van der Waals surface area contributed by atoms with Gasteiger partial charge >= 0.3 is 5.97 Å². The monoisotopic (exact) mass is 294 g/mol. The molecule has 8 heteroatoms. The van der Waals surface area contributed by atoms with Crippen molar-refractivity contribution in [1.82, 2.24) is 19.9 Å². The van der Waals surface area contributed by atoms with E-state index in [2.05, 4.69) is 39.6 Å². The van der Waals surface area contributed by atoms with Crippen LogP contribution in [-0.4, -0.2) is 40.6 Å². The molecule has 0 atom stereocenters. The summed E-state index contributed by atoms with van der Waals surface area (Å²) in [5.41, 5.74) is 1.03. The summed E-state index contributed by atoms with van der Waals surface area (Å²) in [5, 5.41) is 0. The minimum atomic E-state index is -1.21. The van der Waals surface area contributed by atoms with Crippen LogP contribution in [0.15, 0.2) is 6.33 Å². The topological polar surface area (TPSA) is 90.0 Å². The lowest BCUT2D eigenvalue weighted by molar-refractivity contribution is -0.237. The fourth-order valence-corrected chi connectivity index (χ4v) is 2.27. The van der Waals surface area contributed by atoms with Gasteiger partial charge in [-0.2, -0.15) is 4.89 Å². The fourth-order valence-electron chi connectivity index (χ4n) is 1.57. The van der Waals surface area contributed by atoms with Crippen LogP contribution in [0.5, 0.6) is 0 Å². The molecule has 0 aliphatic rings. The van der Waals surface area contributed by atoms with E-state index in [1.165, 1.54) is 6.33 Å². The summed E-state index contributed by atoms with van der Waals surface area (Å²) in [6.45, 7) is 8.76. The summed E-state index contributed by atoms with van der Waals surface area (Å²) >= 11 is 0. The van der Waals surface area contributed by atoms with Crippen molar-refractivity contribution in [2.75, 3.05) is 6.61 Å². The van der Waals surface area contributed by atoms with Gasteiger partial charge in [-0.25, -0.2) is 19.7 Å². The first kappa shape index (κ1) is 14.6. The third-order valence-corrected chi connectivity index (χ3v) is 4.36. The number of hydrogen-bond acceptors (Lipinski definition) is 6. The predicted octanol–water partition coefficient (Wildman–Crippen LogP) is 2.09. The van der Waals surface area contributed by atoms with Gasteiger partial charge in [0.1, 0.15) is 11.3 Å². The van der Waals surface area contributed by atoms with Gasteiger partial charge in [0, 0.05) is 8.07 Å². The largest absolute Gasteiger partial charge is 0.393 e. The first-order valence-corrected chi connectivity index (χ1v) is 10.1. The Morgan fingerprint density at radius 3 is 2.80 bits per heavy atom. The number of aromatic amines is 1. The van der Waals surface area contributed by atoms with Crippen molar-refractivity contribution in [1.29, 1.82) is 0 Å². The highest BCUT2D eigenvalue weighted by Gasteiger charge is 2.19. The Morgan fingerprint density at radius 1 is 1.35 bits per heavy atom. The van der Waals surface area contributed by atoms with Crippen LogP contribution in [0.25, 0.3) is 11.2 Å². The van der Waals surface area contributed by atoms with Crippen molar-refractivity contribution >= 4 is 25.2 Å². The second-order valence-electron chi connectivity index (χ2n) is 5.72. The number of nitrogens with zero attached hydrogens (tertiary/aromatic N) is 3. The van der Waals surface area contributed by atoms with Crippen LogP contribution in [0.2, 0.25) is 25.7 Å². The van der Waals surface area contributed by atoms with Crippen LogP contribution in [0.4, 0.5) is 0 Å². The Bertz CT molecular complexity index is 621. The third kappa shape index (κ3) is 3.61. The number of carbonyl (C=O) groups is 1. The Morgan fingerprint density at radius 2 is 2.10 bits per heavy atom. The molecule has 20 heavy (non-hydrogen) atoms. The SMILES string of the molecule is Cc1nc(C(=O)OOCC[Si](C)(C)C)c2[nH]cnc2n1. The highest BCUT2D eigenvalue weighted by molar-refractivity contribution is 6.76. The summed E-state index contributed by atoms with van der Waals surface area (Å²) in [7, 11) is -1.21. The van der Waals surface area contributed by atoms with Gasteiger partial charge in [-0.3, -0.25) is 4.89 Å². The third-order valence-electron chi connectivity index (χ3n) is 2.66. The molecule has 0 unspecified atom stereocenters. The maximum absolute atomic E-state index is 12.0. The molecule has 1 N–H and O–H groups in total. The lowest BCUT2D eigenvalue weighted by Crippen LogP contribution is -2.22. The van der Waals surface area contributed by atoms with Crippen LogP contribution >= 0.6 is 0 Å². The molecule has 0 fully saturated rings. The zero-order valence-corrected chi connectivity index (χ0v) is 13.1. The summed E-state index contributed by atoms with van der Waals surface area (Å²) in [6.07, 6.45) is 1.46. The molecule has 0 aromatic carbocycles. The Balaban J connectivity index is 2.03. The molecule has 0 saturated heterocycles. The van der Waals surface area contributed by atoms with Crippen molar-refractivity contribution in [3.05, 3.63) is 17.8 Å². The van der Waals surface area contributed by atoms with Crippen molar-refractivity contribution in [3.8, 4) is 0 Å². The van der Waals surface area contributed by atoms with Crippen molar-refractivity contribution in [2.24, 2.45) is 0 Å². The van der Waals surface area contributed by atoms with E-state index in [9.17, 15) is 4.79 Å². The average Bonchev–Trinajstić information content (AvgIpc) is 2.80. The minimum absolute atomic E-state index is 0.137. The second-order valence-corrected chi connectivity index (χ2v) is 11.3. The second kappa shape index (κ2) is 5.67. The maximum atomic E-state index is 12.0. The number of imidazole rings is 1. The van der Waals surface area contributed by atoms with Gasteiger partial charge in [-0.05, 0) is 13.0 Å². The minimum Gasteiger partial charge on any atom is -0.341 e. The number of nitrogens with one attached hydrogen (secondary N) is 1. The Kier molecular flexibility index (Phi) is 4.14. The van der Waals surface area contributed by atoms with Crippen LogP contribution < -0.4 is 0 Å². The Hall–Kier alpha value is -1.80. The quantitative estimate of drug-likeness (QED) is 0.393. The van der Waals surface area contributed by atoms with E-state index < -0.39 is 14.0 Å². The first-order valence-electron chi connectivity index (χ1n) is 6.38. The van der Waals surface area contributed by atoms with E-state index in [-0.39, 0.29) is 5.69 Å². The molecule has 0 aliphatic carbocycles.